The van der Waals surface area contributed by atoms with Crippen molar-refractivity contribution in [1.82, 2.24) is 15.1 Å². The number of hydrogen-bond donors (Lipinski definition) is 1. The van der Waals surface area contributed by atoms with Crippen LogP contribution in [-0.4, -0.2) is 67.5 Å². The Bertz CT molecular complexity index is 578. The highest BCUT2D eigenvalue weighted by Crippen LogP contribution is 2.22. The fourth-order valence-corrected chi connectivity index (χ4v) is 2.87. The van der Waals surface area contributed by atoms with E-state index in [0.717, 1.165) is 5.56 Å². The minimum absolute atomic E-state index is 0.00453. The predicted molar refractivity (Wildman–Crippen MR) is 81.1 cm³/mol. The van der Waals surface area contributed by atoms with Crippen molar-refractivity contribution in [3.05, 3.63) is 35.6 Å². The summed E-state index contributed by atoms with van der Waals surface area (Å²) in [5.74, 6) is -0.341. The highest BCUT2D eigenvalue weighted by molar-refractivity contribution is 5.82. The van der Waals surface area contributed by atoms with Gasteiger partial charge in [0.25, 0.3) is 0 Å². The van der Waals surface area contributed by atoms with E-state index in [1.54, 1.807) is 17.0 Å². The first-order chi connectivity index (χ1) is 11.1. The number of benzene rings is 1. The Labute approximate surface area is 134 Å². The second kappa shape index (κ2) is 7.06. The Balaban J connectivity index is 1.58. The molecule has 1 unspecified atom stereocenters. The minimum atomic E-state index is -0.291. The van der Waals surface area contributed by atoms with Gasteiger partial charge < -0.3 is 15.0 Å². The van der Waals surface area contributed by atoms with Gasteiger partial charge in [-0.25, -0.2) is 4.39 Å². The second-order valence-electron chi connectivity index (χ2n) is 5.81. The maximum absolute atomic E-state index is 13.0. The van der Waals surface area contributed by atoms with Gasteiger partial charge in [0.05, 0.1) is 26.2 Å². The van der Waals surface area contributed by atoms with Crippen molar-refractivity contribution in [1.29, 1.82) is 0 Å². The van der Waals surface area contributed by atoms with Crippen molar-refractivity contribution < 1.29 is 18.7 Å². The van der Waals surface area contributed by atoms with Crippen LogP contribution < -0.4 is 5.32 Å². The number of hydrogen-bond acceptors (Lipinski definition) is 4. The zero-order valence-electron chi connectivity index (χ0n) is 12.8. The Hall–Kier alpha value is -1.99. The molecule has 1 aromatic rings. The number of amides is 2. The lowest BCUT2D eigenvalue weighted by molar-refractivity contribution is -0.141. The van der Waals surface area contributed by atoms with Gasteiger partial charge in [0, 0.05) is 19.6 Å². The largest absolute Gasteiger partial charge is 0.370 e. The van der Waals surface area contributed by atoms with Gasteiger partial charge in [0.2, 0.25) is 11.8 Å². The number of piperazine rings is 1. The molecular weight excluding hydrogens is 301 g/mol. The number of morpholine rings is 1. The van der Waals surface area contributed by atoms with E-state index in [0.29, 0.717) is 32.8 Å². The van der Waals surface area contributed by atoms with Crippen LogP contribution in [0.15, 0.2) is 24.3 Å². The van der Waals surface area contributed by atoms with Gasteiger partial charge in [0.15, 0.2) is 0 Å². The maximum atomic E-state index is 13.0. The molecule has 23 heavy (non-hydrogen) atoms. The molecule has 2 heterocycles. The van der Waals surface area contributed by atoms with Gasteiger partial charge in [-0.15, -0.1) is 0 Å². The quantitative estimate of drug-likeness (QED) is 0.861. The molecule has 0 aliphatic carbocycles. The SMILES string of the molecule is O=C1CN(CC(=O)N2CCOC(c3ccc(F)cc3)C2)CCN1. The van der Waals surface area contributed by atoms with Crippen LogP contribution in [-0.2, 0) is 14.3 Å². The number of nitrogens with one attached hydrogen (secondary N) is 1. The molecule has 1 atom stereocenters. The average molecular weight is 321 g/mol. The number of carbonyl (C=O) groups excluding carboxylic acids is 2. The molecule has 2 aliphatic rings. The van der Waals surface area contributed by atoms with Crippen LogP contribution in [0.4, 0.5) is 4.39 Å². The molecule has 2 fully saturated rings. The summed E-state index contributed by atoms with van der Waals surface area (Å²) >= 11 is 0. The summed E-state index contributed by atoms with van der Waals surface area (Å²) in [6, 6.07) is 6.16. The van der Waals surface area contributed by atoms with E-state index >= 15 is 0 Å². The molecule has 3 rings (SSSR count). The molecule has 0 radical (unpaired) electrons. The Morgan fingerprint density at radius 2 is 2.09 bits per heavy atom. The van der Waals surface area contributed by atoms with E-state index in [9.17, 15) is 14.0 Å². The standard InChI is InChI=1S/C16H20FN3O3/c17-13-3-1-12(2-4-13)14-9-20(7-8-23-14)16(22)11-19-6-5-18-15(21)10-19/h1-4,14H,5-11H2,(H,18,21). The van der Waals surface area contributed by atoms with Crippen LogP contribution in [0.5, 0.6) is 0 Å². The molecule has 124 valence electrons. The number of rotatable bonds is 3. The first-order valence-electron chi connectivity index (χ1n) is 7.76. The first-order valence-corrected chi connectivity index (χ1v) is 7.76. The van der Waals surface area contributed by atoms with Gasteiger partial charge in [-0.2, -0.15) is 0 Å². The third kappa shape index (κ3) is 4.05. The predicted octanol–water partition coefficient (Wildman–Crippen LogP) is 0.157. The summed E-state index contributed by atoms with van der Waals surface area (Å²) in [6.45, 7) is 3.20. The van der Waals surface area contributed by atoms with Gasteiger partial charge in [-0.1, -0.05) is 12.1 Å². The summed E-state index contributed by atoms with van der Waals surface area (Å²) in [6.07, 6.45) is -0.238. The lowest BCUT2D eigenvalue weighted by atomic mass is 10.1. The van der Waals surface area contributed by atoms with Crippen LogP contribution in [0.3, 0.4) is 0 Å². The molecule has 2 aliphatic heterocycles. The van der Waals surface area contributed by atoms with E-state index in [1.165, 1.54) is 12.1 Å². The first kappa shape index (κ1) is 15.9. The third-order valence-corrected chi connectivity index (χ3v) is 4.14. The lowest BCUT2D eigenvalue weighted by Gasteiger charge is -2.35. The lowest BCUT2D eigenvalue weighted by Crippen LogP contribution is -2.52. The summed E-state index contributed by atoms with van der Waals surface area (Å²) in [7, 11) is 0. The average Bonchev–Trinajstić information content (AvgIpc) is 2.56. The number of halogens is 1. The van der Waals surface area contributed by atoms with Crippen molar-refractivity contribution in [2.75, 3.05) is 45.9 Å². The van der Waals surface area contributed by atoms with E-state index in [1.807, 2.05) is 4.90 Å². The van der Waals surface area contributed by atoms with Crippen molar-refractivity contribution in [2.24, 2.45) is 0 Å². The minimum Gasteiger partial charge on any atom is -0.370 e. The highest BCUT2D eigenvalue weighted by atomic mass is 19.1. The topological polar surface area (TPSA) is 61.9 Å². The number of carbonyl (C=O) groups is 2. The molecule has 0 saturated carbocycles. The van der Waals surface area contributed by atoms with Gasteiger partial charge in [-0.3, -0.25) is 14.5 Å². The zero-order chi connectivity index (χ0) is 16.2. The van der Waals surface area contributed by atoms with Crippen LogP contribution in [0, 0.1) is 5.82 Å². The number of nitrogens with zero attached hydrogens (tertiary/aromatic N) is 2. The zero-order valence-corrected chi connectivity index (χ0v) is 12.8. The van der Waals surface area contributed by atoms with E-state index in [-0.39, 0.29) is 36.8 Å². The summed E-state index contributed by atoms with van der Waals surface area (Å²) in [5.41, 5.74) is 0.862. The molecule has 0 bridgehead atoms. The van der Waals surface area contributed by atoms with Crippen LogP contribution in [0.25, 0.3) is 0 Å². The van der Waals surface area contributed by atoms with E-state index in [4.69, 9.17) is 4.74 Å². The van der Waals surface area contributed by atoms with Crippen LogP contribution in [0.2, 0.25) is 0 Å². The summed E-state index contributed by atoms with van der Waals surface area (Å²) < 4.78 is 18.7. The van der Waals surface area contributed by atoms with Crippen LogP contribution >= 0.6 is 0 Å². The molecular formula is C16H20FN3O3. The summed E-state index contributed by atoms with van der Waals surface area (Å²) in [4.78, 5) is 27.4. The number of ether oxygens (including phenoxy) is 1. The molecule has 0 aromatic heterocycles. The maximum Gasteiger partial charge on any atom is 0.236 e. The normalized spacial score (nSPS) is 22.7. The van der Waals surface area contributed by atoms with Crippen molar-refractivity contribution in [3.8, 4) is 0 Å². The van der Waals surface area contributed by atoms with Crippen molar-refractivity contribution in [2.45, 2.75) is 6.10 Å². The summed E-state index contributed by atoms with van der Waals surface area (Å²) in [5, 5.41) is 2.74. The Kier molecular flexibility index (Phi) is 4.88. The smallest absolute Gasteiger partial charge is 0.236 e. The molecule has 0 spiro atoms. The van der Waals surface area contributed by atoms with Crippen molar-refractivity contribution in [3.63, 3.8) is 0 Å². The Morgan fingerprint density at radius 1 is 1.30 bits per heavy atom. The molecule has 7 heteroatoms. The molecule has 1 N–H and O–H groups in total. The third-order valence-electron chi connectivity index (χ3n) is 4.14. The van der Waals surface area contributed by atoms with E-state index in [2.05, 4.69) is 5.32 Å². The molecule has 2 saturated heterocycles. The van der Waals surface area contributed by atoms with E-state index < -0.39 is 0 Å². The molecule has 1 aromatic carbocycles. The Morgan fingerprint density at radius 3 is 2.83 bits per heavy atom. The fourth-order valence-electron chi connectivity index (χ4n) is 2.87. The van der Waals surface area contributed by atoms with Gasteiger partial charge >= 0.3 is 0 Å². The molecule has 6 nitrogen and oxygen atoms in total. The molecule has 2 amide bonds. The van der Waals surface area contributed by atoms with Crippen molar-refractivity contribution >= 4 is 11.8 Å². The van der Waals surface area contributed by atoms with Gasteiger partial charge in [0.1, 0.15) is 11.9 Å². The van der Waals surface area contributed by atoms with Gasteiger partial charge in [-0.05, 0) is 17.7 Å². The van der Waals surface area contributed by atoms with Crippen LogP contribution in [0.1, 0.15) is 11.7 Å². The second-order valence-corrected chi connectivity index (χ2v) is 5.81. The fraction of sp³-hybridized carbons (Fsp3) is 0.500. The monoisotopic (exact) mass is 321 g/mol. The highest BCUT2D eigenvalue weighted by Gasteiger charge is 2.27.